The molecule has 0 fully saturated rings. The average molecular weight is 144 g/mol. The third-order valence-electron chi connectivity index (χ3n) is 0.666. The molecule has 2 nitrogen and oxygen atoms in total. The van der Waals surface area contributed by atoms with Gasteiger partial charge in [-0.05, 0) is 18.2 Å². The predicted molar refractivity (Wildman–Crippen MR) is 39.7 cm³/mol. The topological polar surface area (TPSA) is 37.3 Å². The van der Waals surface area contributed by atoms with Gasteiger partial charge in [0, 0.05) is 6.08 Å². The van der Waals surface area contributed by atoms with E-state index in [0.29, 0.717) is 6.42 Å². The second-order valence-electron chi connectivity index (χ2n) is 1.65. The lowest BCUT2D eigenvalue weighted by atomic mass is 10.3. The Labute approximate surface area is 59.2 Å². The molecule has 0 aromatic carbocycles. The highest BCUT2D eigenvalue weighted by Crippen LogP contribution is 1.86. The van der Waals surface area contributed by atoms with Crippen LogP contribution in [0.5, 0.6) is 0 Å². The predicted octanol–water partition coefficient (Wildman–Crippen LogP) is 1.41. The Kier molecular flexibility index (Phi) is 3.88. The number of allylic oxidation sites excluding steroid dienone is 1. The van der Waals surface area contributed by atoms with Crippen molar-refractivity contribution in [3.63, 3.8) is 0 Å². The minimum absolute atomic E-state index is 0.571. The first-order valence-electron chi connectivity index (χ1n) is 2.52. The average Bonchev–Trinajstić information content (AvgIpc) is 1.63. The zero-order valence-corrected chi connectivity index (χ0v) is 5.94. The number of aliphatic carboxylic acids is 1. The van der Waals surface area contributed by atoms with Crippen LogP contribution in [0.3, 0.4) is 0 Å². The maximum atomic E-state index is 9.85. The van der Waals surface area contributed by atoms with Gasteiger partial charge in [-0.15, -0.1) is 0 Å². The monoisotopic (exact) mass is 144 g/mol. The van der Waals surface area contributed by atoms with Gasteiger partial charge in [0.1, 0.15) is 0 Å². The van der Waals surface area contributed by atoms with Gasteiger partial charge in [0.05, 0.1) is 0 Å². The molecule has 0 amide bonds. The fourth-order valence-corrected chi connectivity index (χ4v) is 0.422. The molecule has 0 aromatic heterocycles. The largest absolute Gasteiger partial charge is 0.478 e. The van der Waals surface area contributed by atoms with Crippen molar-refractivity contribution in [3.05, 3.63) is 12.2 Å². The minimum atomic E-state index is -0.925. The van der Waals surface area contributed by atoms with Gasteiger partial charge in [0.25, 0.3) is 0 Å². The number of carboxylic acid groups (broad SMARTS) is 1. The molecule has 0 bridgehead atoms. The smallest absolute Gasteiger partial charge is 0.327 e. The molecule has 0 saturated heterocycles. The van der Waals surface area contributed by atoms with E-state index in [9.17, 15) is 4.79 Å². The number of carboxylic acids is 1. The molecule has 50 valence electrons. The van der Waals surface area contributed by atoms with E-state index in [2.05, 4.69) is 0 Å². The van der Waals surface area contributed by atoms with Gasteiger partial charge >= 0.3 is 5.97 Å². The van der Waals surface area contributed by atoms with Crippen molar-refractivity contribution < 1.29 is 9.90 Å². The highest BCUT2D eigenvalue weighted by atomic mass is 32.1. The van der Waals surface area contributed by atoms with Gasteiger partial charge in [-0.1, -0.05) is 18.3 Å². The third kappa shape index (κ3) is 7.30. The van der Waals surface area contributed by atoms with Gasteiger partial charge in [-0.25, -0.2) is 4.79 Å². The van der Waals surface area contributed by atoms with Crippen molar-refractivity contribution >= 4 is 23.1 Å². The minimum Gasteiger partial charge on any atom is -0.478 e. The molecule has 0 aromatic rings. The van der Waals surface area contributed by atoms with Crippen LogP contribution in [0.4, 0.5) is 0 Å². The molecule has 3 heteroatoms. The summed E-state index contributed by atoms with van der Waals surface area (Å²) >= 11 is 4.70. The summed E-state index contributed by atoms with van der Waals surface area (Å²) in [5.41, 5.74) is 0. The molecule has 0 aliphatic heterocycles. The van der Waals surface area contributed by atoms with E-state index < -0.39 is 5.97 Å². The molecule has 0 radical (unpaired) electrons. The molecule has 9 heavy (non-hydrogen) atoms. The standard InChI is InChI=1S/C6H8O2S/c1-5(9)3-2-4-6(7)8/h2,4H,3H2,1H3,(H,7,8). The van der Waals surface area contributed by atoms with Crippen LogP contribution in [0.15, 0.2) is 12.2 Å². The number of hydrogen-bond donors (Lipinski definition) is 1. The molecule has 0 aliphatic rings. The van der Waals surface area contributed by atoms with Crippen molar-refractivity contribution in [1.82, 2.24) is 0 Å². The first kappa shape index (κ1) is 8.30. The van der Waals surface area contributed by atoms with Crippen LogP contribution in [0, 0.1) is 0 Å². The van der Waals surface area contributed by atoms with Crippen LogP contribution in [0.25, 0.3) is 0 Å². The zero-order chi connectivity index (χ0) is 7.28. The Morgan fingerprint density at radius 1 is 1.78 bits per heavy atom. The van der Waals surface area contributed by atoms with Crippen LogP contribution < -0.4 is 0 Å². The molecule has 0 saturated carbocycles. The van der Waals surface area contributed by atoms with Crippen molar-refractivity contribution in [2.75, 3.05) is 0 Å². The Balaban J connectivity index is 3.48. The molecular formula is C6H8O2S. The lowest BCUT2D eigenvalue weighted by molar-refractivity contribution is -0.131. The Morgan fingerprint density at radius 2 is 2.33 bits per heavy atom. The van der Waals surface area contributed by atoms with Crippen LogP contribution in [0.1, 0.15) is 13.3 Å². The van der Waals surface area contributed by atoms with E-state index in [1.54, 1.807) is 6.92 Å². The van der Waals surface area contributed by atoms with E-state index in [4.69, 9.17) is 17.3 Å². The summed E-state index contributed by atoms with van der Waals surface area (Å²) in [5.74, 6) is -0.925. The highest BCUT2D eigenvalue weighted by Gasteiger charge is 1.84. The Bertz CT molecular complexity index is 149. The van der Waals surface area contributed by atoms with Crippen LogP contribution >= 0.6 is 12.2 Å². The van der Waals surface area contributed by atoms with Gasteiger partial charge in [-0.2, -0.15) is 0 Å². The van der Waals surface area contributed by atoms with E-state index in [0.717, 1.165) is 10.9 Å². The van der Waals surface area contributed by atoms with Gasteiger partial charge in [0.2, 0.25) is 0 Å². The van der Waals surface area contributed by atoms with Gasteiger partial charge in [-0.3, -0.25) is 0 Å². The fourth-order valence-electron chi connectivity index (χ4n) is 0.326. The third-order valence-corrected chi connectivity index (χ3v) is 0.832. The number of hydrogen-bond acceptors (Lipinski definition) is 2. The van der Waals surface area contributed by atoms with E-state index in [1.165, 1.54) is 6.08 Å². The van der Waals surface area contributed by atoms with Crippen LogP contribution in [0.2, 0.25) is 0 Å². The van der Waals surface area contributed by atoms with Crippen molar-refractivity contribution in [2.45, 2.75) is 13.3 Å². The first-order chi connectivity index (χ1) is 4.13. The molecule has 0 spiro atoms. The number of rotatable bonds is 3. The summed E-state index contributed by atoms with van der Waals surface area (Å²) in [6.07, 6.45) is 3.20. The summed E-state index contributed by atoms with van der Waals surface area (Å²) in [6, 6.07) is 0. The summed E-state index contributed by atoms with van der Waals surface area (Å²) in [5, 5.41) is 8.10. The maximum absolute atomic E-state index is 9.85. The van der Waals surface area contributed by atoms with E-state index in [-0.39, 0.29) is 0 Å². The molecule has 0 aliphatic carbocycles. The molecule has 0 rings (SSSR count). The summed E-state index contributed by atoms with van der Waals surface area (Å²) in [4.78, 5) is 10.6. The second-order valence-corrected chi connectivity index (χ2v) is 2.34. The summed E-state index contributed by atoms with van der Waals surface area (Å²) in [6.45, 7) is 1.78. The first-order valence-corrected chi connectivity index (χ1v) is 2.92. The van der Waals surface area contributed by atoms with Crippen molar-refractivity contribution in [3.8, 4) is 0 Å². The van der Waals surface area contributed by atoms with E-state index in [1.807, 2.05) is 0 Å². The normalized spacial score (nSPS) is 9.89. The van der Waals surface area contributed by atoms with Gasteiger partial charge < -0.3 is 5.11 Å². The molecule has 0 atom stereocenters. The Morgan fingerprint density at radius 3 is 2.67 bits per heavy atom. The highest BCUT2D eigenvalue weighted by molar-refractivity contribution is 7.80. The molecule has 0 heterocycles. The Hall–Kier alpha value is -0.700. The van der Waals surface area contributed by atoms with Gasteiger partial charge in [0.15, 0.2) is 0 Å². The lowest BCUT2D eigenvalue weighted by Gasteiger charge is -1.83. The SMILES string of the molecule is CC(=S)CC=CC(=O)O. The molecule has 0 unspecified atom stereocenters. The van der Waals surface area contributed by atoms with Crippen molar-refractivity contribution in [1.29, 1.82) is 0 Å². The number of carbonyl (C=O) groups is 1. The van der Waals surface area contributed by atoms with E-state index >= 15 is 0 Å². The quantitative estimate of drug-likeness (QED) is 0.480. The zero-order valence-electron chi connectivity index (χ0n) is 5.13. The molecule has 1 N–H and O–H groups in total. The maximum Gasteiger partial charge on any atom is 0.327 e. The second kappa shape index (κ2) is 4.21. The van der Waals surface area contributed by atoms with Crippen molar-refractivity contribution in [2.24, 2.45) is 0 Å². The lowest BCUT2D eigenvalue weighted by Crippen LogP contribution is -1.87. The van der Waals surface area contributed by atoms with Crippen LogP contribution in [-0.2, 0) is 4.79 Å². The van der Waals surface area contributed by atoms with Crippen LogP contribution in [-0.4, -0.2) is 15.9 Å². The summed E-state index contributed by atoms with van der Waals surface area (Å²) < 4.78 is 0. The molecular weight excluding hydrogens is 136 g/mol. The summed E-state index contributed by atoms with van der Waals surface area (Å²) in [7, 11) is 0. The number of thiocarbonyl (C=S) groups is 1. The fraction of sp³-hybridized carbons (Fsp3) is 0.333.